The molecule has 0 aliphatic heterocycles. The maximum absolute atomic E-state index is 12.0. The van der Waals surface area contributed by atoms with Crippen molar-refractivity contribution in [1.29, 1.82) is 0 Å². The van der Waals surface area contributed by atoms with E-state index in [0.29, 0.717) is 29.1 Å². The monoisotopic (exact) mass is 281 g/mol. The number of nitrogens with two attached hydrogens (primary N) is 1. The number of carbonyl (C=O) groups is 1. The zero-order chi connectivity index (χ0) is 13.8. The Bertz CT molecular complexity index is 436. The molecule has 1 saturated carbocycles. The first-order valence-electron chi connectivity index (χ1n) is 7.12. The van der Waals surface area contributed by atoms with E-state index in [4.69, 9.17) is 5.73 Å². The molecule has 0 atom stereocenters. The number of Topliss-reactive ketones (excluding diaryl/α,β-unsaturated/α-hetero) is 1. The summed E-state index contributed by atoms with van der Waals surface area (Å²) in [5.41, 5.74) is 5.86. The van der Waals surface area contributed by atoms with E-state index >= 15 is 0 Å². The summed E-state index contributed by atoms with van der Waals surface area (Å²) in [6.07, 6.45) is 6.80. The van der Waals surface area contributed by atoms with Crippen LogP contribution in [0.15, 0.2) is 0 Å². The molecule has 1 fully saturated rings. The van der Waals surface area contributed by atoms with Crippen molar-refractivity contribution in [3.05, 3.63) is 4.88 Å². The Balaban J connectivity index is 2.01. The van der Waals surface area contributed by atoms with Crippen molar-refractivity contribution in [2.45, 2.75) is 58.4 Å². The quantitative estimate of drug-likeness (QED) is 0.807. The van der Waals surface area contributed by atoms with Crippen LogP contribution in [0.2, 0.25) is 0 Å². The molecule has 0 amide bonds. The molecule has 1 heterocycles. The van der Waals surface area contributed by atoms with Gasteiger partial charge in [-0.2, -0.15) is 0 Å². The minimum absolute atomic E-state index is 0.113. The van der Waals surface area contributed by atoms with E-state index in [-0.39, 0.29) is 5.78 Å². The highest BCUT2D eigenvalue weighted by Crippen LogP contribution is 2.29. The molecule has 1 aliphatic carbocycles. The van der Waals surface area contributed by atoms with Gasteiger partial charge in [-0.05, 0) is 18.8 Å². The van der Waals surface area contributed by atoms with Gasteiger partial charge in [0, 0.05) is 12.5 Å². The Hall–Kier alpha value is -1.10. The number of rotatable bonds is 5. The Kier molecular flexibility index (Phi) is 4.80. The summed E-state index contributed by atoms with van der Waals surface area (Å²) in [4.78, 5) is 17.0. The van der Waals surface area contributed by atoms with Crippen molar-refractivity contribution < 1.29 is 4.79 Å². The average Bonchev–Trinajstić information content (AvgIpc) is 2.70. The number of anilines is 2. The van der Waals surface area contributed by atoms with Gasteiger partial charge in [0.15, 0.2) is 10.9 Å². The average molecular weight is 281 g/mol. The fourth-order valence-corrected chi connectivity index (χ4v) is 3.39. The van der Waals surface area contributed by atoms with Gasteiger partial charge in [0.25, 0.3) is 0 Å². The second kappa shape index (κ2) is 6.37. The molecule has 1 aromatic heterocycles. The van der Waals surface area contributed by atoms with Crippen LogP contribution in [0.4, 0.5) is 10.9 Å². The Morgan fingerprint density at radius 3 is 2.74 bits per heavy atom. The summed E-state index contributed by atoms with van der Waals surface area (Å²) in [6, 6.07) is 0.493. The largest absolute Gasteiger partial charge is 0.382 e. The van der Waals surface area contributed by atoms with E-state index in [2.05, 4.69) is 10.3 Å². The number of aromatic nitrogens is 1. The van der Waals surface area contributed by atoms with E-state index < -0.39 is 0 Å². The number of nitrogens with zero attached hydrogens (tertiary/aromatic N) is 1. The minimum atomic E-state index is 0.113. The molecule has 2 rings (SSSR count). The van der Waals surface area contributed by atoms with Gasteiger partial charge >= 0.3 is 0 Å². The third-order valence-electron chi connectivity index (χ3n) is 3.43. The summed E-state index contributed by atoms with van der Waals surface area (Å²) < 4.78 is 0. The Morgan fingerprint density at radius 2 is 2.11 bits per heavy atom. The topological polar surface area (TPSA) is 68.0 Å². The van der Waals surface area contributed by atoms with E-state index in [0.717, 1.165) is 5.13 Å². The van der Waals surface area contributed by atoms with Crippen LogP contribution in [0.3, 0.4) is 0 Å². The van der Waals surface area contributed by atoms with Crippen LogP contribution in [0, 0.1) is 5.92 Å². The van der Waals surface area contributed by atoms with Crippen LogP contribution in [0.25, 0.3) is 0 Å². The predicted octanol–water partition coefficient (Wildman–Crippen LogP) is 3.70. The highest BCUT2D eigenvalue weighted by Gasteiger charge is 2.19. The molecule has 106 valence electrons. The van der Waals surface area contributed by atoms with Crippen LogP contribution in [0.5, 0.6) is 0 Å². The molecule has 0 spiro atoms. The first-order chi connectivity index (χ1) is 9.06. The maximum atomic E-state index is 12.0. The summed E-state index contributed by atoms with van der Waals surface area (Å²) in [5.74, 6) is 0.847. The molecular formula is C14H23N3OS. The van der Waals surface area contributed by atoms with Gasteiger partial charge < -0.3 is 11.1 Å². The van der Waals surface area contributed by atoms with Gasteiger partial charge in [0.05, 0.1) is 0 Å². The zero-order valence-corrected chi connectivity index (χ0v) is 12.6. The lowest BCUT2D eigenvalue weighted by Crippen LogP contribution is -2.22. The number of hydrogen-bond acceptors (Lipinski definition) is 5. The van der Waals surface area contributed by atoms with Gasteiger partial charge in [-0.25, -0.2) is 4.98 Å². The number of ketones is 1. The van der Waals surface area contributed by atoms with Crippen molar-refractivity contribution >= 4 is 28.1 Å². The molecule has 0 bridgehead atoms. The Labute approximate surface area is 118 Å². The molecule has 1 aromatic rings. The molecule has 3 N–H and O–H groups in total. The summed E-state index contributed by atoms with van der Waals surface area (Å²) in [7, 11) is 0. The number of carbonyl (C=O) groups excluding carboxylic acids is 1. The Morgan fingerprint density at radius 1 is 1.42 bits per heavy atom. The molecule has 0 radical (unpaired) electrons. The number of thiazole rings is 1. The second-order valence-corrected chi connectivity index (χ2v) is 6.73. The summed E-state index contributed by atoms with van der Waals surface area (Å²) in [6.45, 7) is 4.08. The fourth-order valence-electron chi connectivity index (χ4n) is 2.48. The molecular weight excluding hydrogens is 258 g/mol. The first kappa shape index (κ1) is 14.3. The molecule has 1 aliphatic rings. The zero-order valence-electron chi connectivity index (χ0n) is 11.7. The lowest BCUT2D eigenvalue weighted by molar-refractivity contribution is 0.0972. The van der Waals surface area contributed by atoms with E-state index in [9.17, 15) is 4.79 Å². The summed E-state index contributed by atoms with van der Waals surface area (Å²) >= 11 is 1.41. The summed E-state index contributed by atoms with van der Waals surface area (Å²) in [5, 5.41) is 4.23. The van der Waals surface area contributed by atoms with Gasteiger partial charge in [-0.1, -0.05) is 44.4 Å². The highest BCUT2D eigenvalue weighted by molar-refractivity contribution is 7.18. The molecule has 0 unspecified atom stereocenters. The van der Waals surface area contributed by atoms with Crippen molar-refractivity contribution in [2.75, 3.05) is 11.1 Å². The second-order valence-electron chi connectivity index (χ2n) is 5.73. The van der Waals surface area contributed by atoms with E-state index in [1.807, 2.05) is 13.8 Å². The number of hydrogen-bond donors (Lipinski definition) is 2. The third kappa shape index (κ3) is 3.93. The van der Waals surface area contributed by atoms with Crippen molar-refractivity contribution in [3.8, 4) is 0 Å². The molecule has 19 heavy (non-hydrogen) atoms. The normalized spacial score (nSPS) is 16.8. The fraction of sp³-hybridized carbons (Fsp3) is 0.714. The van der Waals surface area contributed by atoms with Gasteiger partial charge in [0.2, 0.25) is 0 Å². The number of nitrogen functional groups attached to an aromatic ring is 1. The number of nitrogens with one attached hydrogen (secondary N) is 1. The highest BCUT2D eigenvalue weighted by atomic mass is 32.1. The van der Waals surface area contributed by atoms with Crippen LogP contribution in [-0.2, 0) is 0 Å². The maximum Gasteiger partial charge on any atom is 0.185 e. The van der Waals surface area contributed by atoms with Gasteiger partial charge in [-0.15, -0.1) is 0 Å². The van der Waals surface area contributed by atoms with Crippen LogP contribution in [-0.4, -0.2) is 16.8 Å². The molecule has 4 nitrogen and oxygen atoms in total. The van der Waals surface area contributed by atoms with E-state index in [1.54, 1.807) is 0 Å². The van der Waals surface area contributed by atoms with Crippen LogP contribution in [0.1, 0.15) is 62.0 Å². The standard InChI is InChI=1S/C14H23N3OS/c1-9(2)8-11(18)12-13(15)17-14(19-12)16-10-6-4-3-5-7-10/h9-10H,3-8,15H2,1-2H3,(H,16,17). The van der Waals surface area contributed by atoms with Crippen molar-refractivity contribution in [1.82, 2.24) is 4.98 Å². The lowest BCUT2D eigenvalue weighted by Gasteiger charge is -2.22. The van der Waals surface area contributed by atoms with E-state index in [1.165, 1.54) is 43.4 Å². The van der Waals surface area contributed by atoms with Crippen LogP contribution >= 0.6 is 11.3 Å². The van der Waals surface area contributed by atoms with Gasteiger partial charge in [-0.3, -0.25) is 4.79 Å². The SMILES string of the molecule is CC(C)CC(=O)c1sc(NC2CCCCC2)nc1N. The smallest absolute Gasteiger partial charge is 0.185 e. The third-order valence-corrected chi connectivity index (χ3v) is 4.48. The first-order valence-corrected chi connectivity index (χ1v) is 7.94. The lowest BCUT2D eigenvalue weighted by atomic mass is 9.96. The van der Waals surface area contributed by atoms with Crippen molar-refractivity contribution in [3.63, 3.8) is 0 Å². The molecule has 5 heteroatoms. The van der Waals surface area contributed by atoms with Crippen LogP contribution < -0.4 is 11.1 Å². The minimum Gasteiger partial charge on any atom is -0.382 e. The van der Waals surface area contributed by atoms with Gasteiger partial charge in [0.1, 0.15) is 10.7 Å². The molecule has 0 saturated heterocycles. The van der Waals surface area contributed by atoms with Crippen molar-refractivity contribution in [2.24, 2.45) is 5.92 Å². The molecule has 0 aromatic carbocycles. The predicted molar refractivity (Wildman–Crippen MR) is 80.8 cm³/mol.